The number of hydrogen-bond donors (Lipinski definition) is 0. The van der Waals surface area contributed by atoms with Gasteiger partial charge in [0.25, 0.3) is 5.91 Å². The molecule has 0 N–H and O–H groups in total. The Hall–Kier alpha value is -2.10. The molecular weight excluding hydrogens is 288 g/mol. The van der Waals surface area contributed by atoms with Gasteiger partial charge in [0.05, 0.1) is 0 Å². The zero-order valence-electron chi connectivity index (χ0n) is 13.3. The molecule has 4 rings (SSSR count). The van der Waals surface area contributed by atoms with Crippen LogP contribution >= 0.6 is 0 Å². The summed E-state index contributed by atoms with van der Waals surface area (Å²) in [5.74, 6) is 1.80. The topological polar surface area (TPSA) is 46.3 Å². The first-order valence-corrected chi connectivity index (χ1v) is 8.62. The quantitative estimate of drug-likeness (QED) is 0.862. The Bertz CT molecular complexity index is 676. The average Bonchev–Trinajstić information content (AvgIpc) is 3.37. The minimum atomic E-state index is 0.0171. The molecular formula is C19H22N2O2. The highest BCUT2D eigenvalue weighted by Crippen LogP contribution is 2.40. The van der Waals surface area contributed by atoms with Crippen molar-refractivity contribution >= 4 is 5.91 Å². The van der Waals surface area contributed by atoms with E-state index < -0.39 is 0 Å². The third-order valence-electron chi connectivity index (χ3n) is 4.96. The lowest BCUT2D eigenvalue weighted by molar-refractivity contribution is 0.0744. The van der Waals surface area contributed by atoms with Gasteiger partial charge in [-0.05, 0) is 31.2 Å². The van der Waals surface area contributed by atoms with Gasteiger partial charge < -0.3 is 9.42 Å². The van der Waals surface area contributed by atoms with Crippen molar-refractivity contribution in [1.29, 1.82) is 0 Å². The summed E-state index contributed by atoms with van der Waals surface area (Å²) < 4.78 is 5.35. The van der Waals surface area contributed by atoms with Gasteiger partial charge in [-0.1, -0.05) is 41.9 Å². The van der Waals surface area contributed by atoms with Crippen LogP contribution in [0.3, 0.4) is 0 Å². The molecule has 23 heavy (non-hydrogen) atoms. The molecule has 2 heterocycles. The van der Waals surface area contributed by atoms with E-state index in [4.69, 9.17) is 4.52 Å². The van der Waals surface area contributed by atoms with E-state index in [1.54, 1.807) is 0 Å². The SMILES string of the molecule is O=C(c1cc(C2CC2)on1)N1CCCCC(c2ccccc2)C1. The van der Waals surface area contributed by atoms with E-state index >= 15 is 0 Å². The fourth-order valence-electron chi connectivity index (χ4n) is 3.44. The molecule has 1 unspecified atom stereocenters. The van der Waals surface area contributed by atoms with Crippen molar-refractivity contribution in [2.24, 2.45) is 0 Å². The summed E-state index contributed by atoms with van der Waals surface area (Å²) >= 11 is 0. The summed E-state index contributed by atoms with van der Waals surface area (Å²) in [4.78, 5) is 14.7. The Labute approximate surface area is 136 Å². The van der Waals surface area contributed by atoms with Crippen LogP contribution in [0.4, 0.5) is 0 Å². The van der Waals surface area contributed by atoms with Crippen LogP contribution in [-0.2, 0) is 0 Å². The highest BCUT2D eigenvalue weighted by Gasteiger charge is 2.31. The molecule has 2 fully saturated rings. The van der Waals surface area contributed by atoms with E-state index in [9.17, 15) is 4.79 Å². The number of carbonyl (C=O) groups excluding carboxylic acids is 1. The molecule has 1 aliphatic carbocycles. The number of likely N-dealkylation sites (tertiary alicyclic amines) is 1. The molecule has 1 aromatic carbocycles. The third kappa shape index (κ3) is 3.16. The summed E-state index contributed by atoms with van der Waals surface area (Å²) in [6.07, 6.45) is 5.67. The van der Waals surface area contributed by atoms with Crippen molar-refractivity contribution < 1.29 is 9.32 Å². The molecule has 0 spiro atoms. The molecule has 1 aliphatic heterocycles. The van der Waals surface area contributed by atoms with E-state index in [0.29, 0.717) is 17.5 Å². The van der Waals surface area contributed by atoms with E-state index in [2.05, 4.69) is 29.4 Å². The molecule has 1 saturated heterocycles. The summed E-state index contributed by atoms with van der Waals surface area (Å²) in [6, 6.07) is 12.4. The Morgan fingerprint density at radius 3 is 2.70 bits per heavy atom. The molecule has 4 nitrogen and oxygen atoms in total. The molecule has 4 heteroatoms. The van der Waals surface area contributed by atoms with Crippen molar-refractivity contribution in [2.75, 3.05) is 13.1 Å². The molecule has 1 saturated carbocycles. The monoisotopic (exact) mass is 310 g/mol. The lowest BCUT2D eigenvalue weighted by Crippen LogP contribution is -2.34. The van der Waals surface area contributed by atoms with Crippen molar-refractivity contribution in [3.8, 4) is 0 Å². The van der Waals surface area contributed by atoms with Crippen molar-refractivity contribution in [2.45, 2.75) is 43.9 Å². The third-order valence-corrected chi connectivity index (χ3v) is 4.96. The molecule has 1 amide bonds. The van der Waals surface area contributed by atoms with Crippen LogP contribution in [0.1, 0.15) is 65.8 Å². The van der Waals surface area contributed by atoms with Crippen LogP contribution in [0.5, 0.6) is 0 Å². The zero-order chi connectivity index (χ0) is 15.6. The first kappa shape index (κ1) is 14.5. The lowest BCUT2D eigenvalue weighted by Gasteiger charge is -2.24. The maximum Gasteiger partial charge on any atom is 0.276 e. The fraction of sp³-hybridized carbons (Fsp3) is 0.474. The highest BCUT2D eigenvalue weighted by molar-refractivity contribution is 5.92. The van der Waals surface area contributed by atoms with Crippen LogP contribution in [0.25, 0.3) is 0 Å². The van der Waals surface area contributed by atoms with E-state index in [-0.39, 0.29) is 5.91 Å². The van der Waals surface area contributed by atoms with Gasteiger partial charge in [0.2, 0.25) is 0 Å². The molecule has 1 atom stereocenters. The predicted molar refractivity (Wildman–Crippen MR) is 87.4 cm³/mol. The molecule has 2 aromatic rings. The van der Waals surface area contributed by atoms with Gasteiger partial charge in [-0.25, -0.2) is 0 Å². The zero-order valence-corrected chi connectivity index (χ0v) is 13.3. The number of amides is 1. The van der Waals surface area contributed by atoms with Gasteiger partial charge in [0, 0.05) is 31.0 Å². The normalized spacial score (nSPS) is 21.9. The first-order valence-electron chi connectivity index (χ1n) is 8.62. The molecule has 0 radical (unpaired) electrons. The van der Waals surface area contributed by atoms with Crippen LogP contribution in [0.15, 0.2) is 40.9 Å². The maximum atomic E-state index is 12.8. The predicted octanol–water partition coefficient (Wildman–Crippen LogP) is 3.96. The van der Waals surface area contributed by atoms with Crippen LogP contribution in [0, 0.1) is 0 Å². The molecule has 0 bridgehead atoms. The highest BCUT2D eigenvalue weighted by atomic mass is 16.5. The number of aromatic nitrogens is 1. The van der Waals surface area contributed by atoms with Crippen molar-refractivity contribution in [3.05, 3.63) is 53.4 Å². The number of hydrogen-bond acceptors (Lipinski definition) is 3. The summed E-state index contributed by atoms with van der Waals surface area (Å²) in [5.41, 5.74) is 1.80. The van der Waals surface area contributed by atoms with Gasteiger partial charge in [-0.3, -0.25) is 4.79 Å². The number of rotatable bonds is 3. The van der Waals surface area contributed by atoms with Gasteiger partial charge in [0.1, 0.15) is 5.76 Å². The second-order valence-electron chi connectivity index (χ2n) is 6.74. The smallest absolute Gasteiger partial charge is 0.276 e. The summed E-state index contributed by atoms with van der Waals surface area (Å²) in [7, 11) is 0. The van der Waals surface area contributed by atoms with Gasteiger partial charge in [-0.2, -0.15) is 0 Å². The molecule has 120 valence electrons. The Balaban J connectivity index is 1.50. The van der Waals surface area contributed by atoms with Gasteiger partial charge >= 0.3 is 0 Å². The number of carbonyl (C=O) groups is 1. The second-order valence-corrected chi connectivity index (χ2v) is 6.74. The lowest BCUT2D eigenvalue weighted by atomic mass is 9.94. The maximum absolute atomic E-state index is 12.8. The van der Waals surface area contributed by atoms with E-state index in [0.717, 1.165) is 51.0 Å². The molecule has 2 aliphatic rings. The fourth-order valence-corrected chi connectivity index (χ4v) is 3.44. The Morgan fingerprint density at radius 1 is 1.09 bits per heavy atom. The van der Waals surface area contributed by atoms with E-state index in [1.165, 1.54) is 5.56 Å². The standard InChI is InChI=1S/C19H22N2O2/c22-19(17-12-18(23-20-17)15-9-10-15)21-11-5-4-8-16(13-21)14-6-2-1-3-7-14/h1-3,6-7,12,15-16H,4-5,8-11,13H2. The van der Waals surface area contributed by atoms with Gasteiger partial charge in [-0.15, -0.1) is 0 Å². The summed E-state index contributed by atoms with van der Waals surface area (Å²) in [5, 5.41) is 4.01. The number of benzene rings is 1. The number of nitrogens with zero attached hydrogens (tertiary/aromatic N) is 2. The van der Waals surface area contributed by atoms with Crippen LogP contribution in [0.2, 0.25) is 0 Å². The largest absolute Gasteiger partial charge is 0.360 e. The van der Waals surface area contributed by atoms with Crippen LogP contribution < -0.4 is 0 Å². The van der Waals surface area contributed by atoms with Crippen LogP contribution in [-0.4, -0.2) is 29.1 Å². The van der Waals surface area contributed by atoms with Crippen molar-refractivity contribution in [3.63, 3.8) is 0 Å². The first-order chi connectivity index (χ1) is 11.3. The second kappa shape index (κ2) is 6.19. The average molecular weight is 310 g/mol. The minimum Gasteiger partial charge on any atom is -0.360 e. The van der Waals surface area contributed by atoms with Crippen molar-refractivity contribution in [1.82, 2.24) is 10.1 Å². The Morgan fingerprint density at radius 2 is 1.91 bits per heavy atom. The Kier molecular flexibility index (Phi) is 3.90. The summed E-state index contributed by atoms with van der Waals surface area (Å²) in [6.45, 7) is 1.59. The van der Waals surface area contributed by atoms with Gasteiger partial charge in [0.15, 0.2) is 5.69 Å². The van der Waals surface area contributed by atoms with E-state index in [1.807, 2.05) is 17.0 Å². The minimum absolute atomic E-state index is 0.0171. The molecule has 1 aromatic heterocycles.